The summed E-state index contributed by atoms with van der Waals surface area (Å²) in [6, 6.07) is 0. The molecule has 10 nitrogen and oxygen atoms in total. The summed E-state index contributed by atoms with van der Waals surface area (Å²) in [5.41, 5.74) is 13.8. The van der Waals surface area contributed by atoms with Crippen molar-refractivity contribution in [2.45, 2.75) is 0 Å². The second-order valence-electron chi connectivity index (χ2n) is 1.66. The van der Waals surface area contributed by atoms with Crippen molar-refractivity contribution in [2.75, 3.05) is 0 Å². The van der Waals surface area contributed by atoms with Crippen LogP contribution in [0, 0.1) is 10.1 Å². The SMILES string of the molecule is NC(=NC1=NNNN1)N[N+](=O)[O-]. The number of hydrogen-bond acceptors (Lipinski definition) is 7. The molecule has 66 valence electrons. The minimum atomic E-state index is -0.824. The van der Waals surface area contributed by atoms with Crippen molar-refractivity contribution in [3.8, 4) is 0 Å². The van der Waals surface area contributed by atoms with Crippen LogP contribution < -0.4 is 27.7 Å². The van der Waals surface area contributed by atoms with Crippen molar-refractivity contribution in [1.82, 2.24) is 21.9 Å². The molecule has 0 fully saturated rings. The lowest BCUT2D eigenvalue weighted by Crippen LogP contribution is -2.39. The van der Waals surface area contributed by atoms with Crippen molar-refractivity contribution in [2.24, 2.45) is 15.8 Å². The van der Waals surface area contributed by atoms with E-state index in [1.807, 2.05) is 0 Å². The first kappa shape index (κ1) is 8.00. The molecular formula is C2H6N8O2. The fourth-order valence-electron chi connectivity index (χ4n) is 0.478. The zero-order valence-corrected chi connectivity index (χ0v) is 5.74. The Morgan fingerprint density at radius 2 is 2.58 bits per heavy atom. The highest BCUT2D eigenvalue weighted by molar-refractivity contribution is 5.93. The second kappa shape index (κ2) is 3.34. The molecule has 0 radical (unpaired) electrons. The summed E-state index contributed by atoms with van der Waals surface area (Å²) in [6.07, 6.45) is 0. The molecule has 1 heterocycles. The van der Waals surface area contributed by atoms with Crippen LogP contribution in [-0.2, 0) is 0 Å². The number of rotatable bonds is 1. The summed E-state index contributed by atoms with van der Waals surface area (Å²) in [6.45, 7) is 0. The Morgan fingerprint density at radius 1 is 1.83 bits per heavy atom. The molecule has 0 unspecified atom stereocenters. The number of hydrogen-bond donors (Lipinski definition) is 5. The Kier molecular flexibility index (Phi) is 2.23. The summed E-state index contributed by atoms with van der Waals surface area (Å²) < 4.78 is 0. The van der Waals surface area contributed by atoms with E-state index < -0.39 is 5.03 Å². The molecule has 1 aliphatic rings. The summed E-state index contributed by atoms with van der Waals surface area (Å²) in [5.74, 6) is -0.265. The molecule has 0 amide bonds. The number of nitrogens with one attached hydrogen (secondary N) is 4. The number of nitro groups is 1. The number of hydrazine groups is 3. The van der Waals surface area contributed by atoms with Gasteiger partial charge in [-0.05, 0) is 0 Å². The number of nitrogens with two attached hydrogens (primary N) is 1. The molecule has 1 rings (SSSR count). The Bertz CT molecular complexity index is 243. The minimum Gasteiger partial charge on any atom is -0.365 e. The Labute approximate surface area is 66.0 Å². The number of guanidine groups is 2. The second-order valence-corrected chi connectivity index (χ2v) is 1.66. The molecule has 0 bridgehead atoms. The fraction of sp³-hybridized carbons (Fsp3) is 0. The van der Waals surface area contributed by atoms with Crippen LogP contribution in [0.5, 0.6) is 0 Å². The highest BCUT2D eigenvalue weighted by Crippen LogP contribution is 1.76. The lowest BCUT2D eigenvalue weighted by molar-refractivity contribution is -0.525. The highest BCUT2D eigenvalue weighted by atomic mass is 16.7. The molecule has 0 spiro atoms. The van der Waals surface area contributed by atoms with Crippen LogP contribution in [0.25, 0.3) is 0 Å². The maximum absolute atomic E-state index is 9.83. The van der Waals surface area contributed by atoms with Gasteiger partial charge in [-0.25, -0.2) is 15.6 Å². The quantitative estimate of drug-likeness (QED) is 0.123. The van der Waals surface area contributed by atoms with Gasteiger partial charge >= 0.3 is 0 Å². The predicted molar refractivity (Wildman–Crippen MR) is 38.6 cm³/mol. The van der Waals surface area contributed by atoms with E-state index >= 15 is 0 Å². The molecule has 0 aromatic carbocycles. The van der Waals surface area contributed by atoms with Gasteiger partial charge in [-0.15, -0.1) is 10.6 Å². The van der Waals surface area contributed by atoms with Crippen LogP contribution in [-0.4, -0.2) is 17.0 Å². The molecule has 6 N–H and O–H groups in total. The normalized spacial score (nSPS) is 16.0. The van der Waals surface area contributed by atoms with Crippen molar-refractivity contribution in [3.63, 3.8) is 0 Å². The summed E-state index contributed by atoms with van der Waals surface area (Å²) in [7, 11) is 0. The highest BCUT2D eigenvalue weighted by Gasteiger charge is 2.05. The molecule has 10 heteroatoms. The molecule has 12 heavy (non-hydrogen) atoms. The van der Waals surface area contributed by atoms with E-state index in [0.29, 0.717) is 0 Å². The first-order chi connectivity index (χ1) is 5.68. The largest absolute Gasteiger partial charge is 0.365 e. The van der Waals surface area contributed by atoms with Crippen LogP contribution in [0.1, 0.15) is 0 Å². The fourth-order valence-corrected chi connectivity index (χ4v) is 0.478. The maximum atomic E-state index is 9.83. The monoisotopic (exact) mass is 174 g/mol. The zero-order valence-electron chi connectivity index (χ0n) is 5.74. The topological polar surface area (TPSA) is 142 Å². The Balaban J connectivity index is 2.49. The standard InChI is InChI=1S/C2H6N8O2/c3-1(7-10(11)12)4-2-5-8-9-6-2/h8-9H,(H4,3,4,5,6,7). The molecule has 0 aromatic rings. The molecular weight excluding hydrogens is 168 g/mol. The molecule has 0 aromatic heterocycles. The summed E-state index contributed by atoms with van der Waals surface area (Å²) in [4.78, 5) is 13.3. The van der Waals surface area contributed by atoms with Gasteiger partial charge in [0.1, 0.15) is 0 Å². The van der Waals surface area contributed by atoms with Crippen molar-refractivity contribution in [3.05, 3.63) is 10.1 Å². The van der Waals surface area contributed by atoms with Gasteiger partial charge in [0.15, 0.2) is 5.03 Å². The van der Waals surface area contributed by atoms with Crippen LogP contribution in [0.2, 0.25) is 0 Å². The van der Waals surface area contributed by atoms with E-state index in [4.69, 9.17) is 5.73 Å². The smallest absolute Gasteiger partial charge is 0.260 e. The van der Waals surface area contributed by atoms with Gasteiger partial charge in [0.05, 0.1) is 0 Å². The van der Waals surface area contributed by atoms with Crippen molar-refractivity contribution in [1.29, 1.82) is 0 Å². The van der Waals surface area contributed by atoms with E-state index in [2.05, 4.69) is 26.6 Å². The van der Waals surface area contributed by atoms with E-state index in [1.165, 1.54) is 0 Å². The maximum Gasteiger partial charge on any atom is 0.260 e. The average Bonchev–Trinajstić information content (AvgIpc) is 2.37. The van der Waals surface area contributed by atoms with Gasteiger partial charge in [0.25, 0.3) is 11.9 Å². The molecule has 0 saturated carbocycles. The van der Waals surface area contributed by atoms with Gasteiger partial charge in [0, 0.05) is 0 Å². The van der Waals surface area contributed by atoms with E-state index in [0.717, 1.165) is 0 Å². The number of nitrogens with zero attached hydrogens (tertiary/aromatic N) is 3. The lowest BCUT2D eigenvalue weighted by atomic mass is 10.9. The molecule has 0 saturated heterocycles. The van der Waals surface area contributed by atoms with Gasteiger partial charge < -0.3 is 5.73 Å². The molecule has 0 atom stereocenters. The molecule has 0 aliphatic carbocycles. The Morgan fingerprint density at radius 3 is 3.08 bits per heavy atom. The third-order valence-corrected chi connectivity index (χ3v) is 0.824. The van der Waals surface area contributed by atoms with Crippen LogP contribution in [0.15, 0.2) is 10.1 Å². The first-order valence-electron chi connectivity index (χ1n) is 2.77. The van der Waals surface area contributed by atoms with Crippen LogP contribution in [0.3, 0.4) is 0 Å². The summed E-state index contributed by atoms with van der Waals surface area (Å²) >= 11 is 0. The predicted octanol–water partition coefficient (Wildman–Crippen LogP) is -3.03. The van der Waals surface area contributed by atoms with Crippen molar-refractivity contribution < 1.29 is 5.03 Å². The van der Waals surface area contributed by atoms with Gasteiger partial charge in [-0.3, -0.25) is 5.43 Å². The Hall–Kier alpha value is -2.10. The lowest BCUT2D eigenvalue weighted by Gasteiger charge is -1.94. The average molecular weight is 174 g/mol. The zero-order chi connectivity index (χ0) is 8.97. The van der Waals surface area contributed by atoms with Crippen molar-refractivity contribution >= 4 is 11.9 Å². The van der Waals surface area contributed by atoms with Gasteiger partial charge in [0.2, 0.25) is 0 Å². The molecule has 1 aliphatic heterocycles. The third-order valence-electron chi connectivity index (χ3n) is 0.824. The first-order valence-corrected chi connectivity index (χ1v) is 2.77. The number of hydrazone groups is 1. The van der Waals surface area contributed by atoms with E-state index in [-0.39, 0.29) is 11.9 Å². The van der Waals surface area contributed by atoms with Crippen LogP contribution >= 0.6 is 0 Å². The van der Waals surface area contributed by atoms with E-state index in [1.54, 1.807) is 5.43 Å². The third kappa shape index (κ3) is 2.26. The van der Waals surface area contributed by atoms with E-state index in [9.17, 15) is 10.1 Å². The summed E-state index contributed by atoms with van der Waals surface area (Å²) in [5, 5.41) is 12.5. The van der Waals surface area contributed by atoms with Crippen LogP contribution in [0.4, 0.5) is 0 Å². The number of aliphatic imine (C=N–C) groups is 1. The van der Waals surface area contributed by atoms with Gasteiger partial charge in [-0.1, -0.05) is 5.43 Å². The van der Waals surface area contributed by atoms with Gasteiger partial charge in [-0.2, -0.15) is 4.99 Å². The minimum absolute atomic E-state index is 0.0989.